The lowest BCUT2D eigenvalue weighted by Gasteiger charge is -2.34. The molecule has 0 saturated carbocycles. The summed E-state index contributed by atoms with van der Waals surface area (Å²) in [5.41, 5.74) is 6.58. The van der Waals surface area contributed by atoms with E-state index in [1.54, 1.807) is 13.3 Å². The number of nitrogens with one attached hydrogen (secondary N) is 1. The molecule has 1 saturated heterocycles. The van der Waals surface area contributed by atoms with Crippen LogP contribution in [0.5, 0.6) is 0 Å². The van der Waals surface area contributed by atoms with Crippen molar-refractivity contribution in [1.29, 1.82) is 0 Å². The topological polar surface area (TPSA) is 83.7 Å². The van der Waals surface area contributed by atoms with Crippen molar-refractivity contribution in [2.45, 2.75) is 19.1 Å². The van der Waals surface area contributed by atoms with Gasteiger partial charge in [0, 0.05) is 58.1 Å². The lowest BCUT2D eigenvalue weighted by atomic mass is 10.2. The number of carbonyl (C=O) groups excluding carboxylic acids is 1. The van der Waals surface area contributed by atoms with Crippen molar-refractivity contribution in [2.24, 2.45) is 5.73 Å². The molecule has 1 amide bonds. The van der Waals surface area contributed by atoms with Gasteiger partial charge in [-0.2, -0.15) is 0 Å². The molecule has 2 heterocycles. The quantitative estimate of drug-likeness (QED) is 0.724. The monoisotopic (exact) mass is 321 g/mol. The summed E-state index contributed by atoms with van der Waals surface area (Å²) in [5.74, 6) is 0.901. The fourth-order valence-electron chi connectivity index (χ4n) is 2.61. The zero-order valence-corrected chi connectivity index (χ0v) is 14.0. The maximum absolute atomic E-state index is 12.0. The van der Waals surface area contributed by atoms with Crippen LogP contribution in [0.25, 0.3) is 0 Å². The average Bonchev–Trinajstić information content (AvgIpc) is 2.59. The zero-order chi connectivity index (χ0) is 16.7. The zero-order valence-electron chi connectivity index (χ0n) is 14.0. The predicted octanol–water partition coefficient (Wildman–Crippen LogP) is -0.187. The third-order valence-corrected chi connectivity index (χ3v) is 4.16. The van der Waals surface area contributed by atoms with Crippen molar-refractivity contribution in [1.82, 2.24) is 15.2 Å². The third-order valence-electron chi connectivity index (χ3n) is 4.16. The molecule has 3 N–H and O–H groups in total. The number of hydrogen-bond donors (Lipinski definition) is 2. The van der Waals surface area contributed by atoms with Crippen molar-refractivity contribution in [3.8, 4) is 0 Å². The van der Waals surface area contributed by atoms with E-state index in [0.717, 1.165) is 37.6 Å². The molecule has 1 aliphatic rings. The molecule has 1 aliphatic heterocycles. The number of piperazine rings is 1. The molecular weight excluding hydrogens is 294 g/mol. The minimum absolute atomic E-state index is 0.0597. The summed E-state index contributed by atoms with van der Waals surface area (Å²) < 4.78 is 5.14. The Morgan fingerprint density at radius 1 is 1.43 bits per heavy atom. The van der Waals surface area contributed by atoms with E-state index in [-0.39, 0.29) is 18.4 Å². The van der Waals surface area contributed by atoms with Gasteiger partial charge >= 0.3 is 0 Å². The van der Waals surface area contributed by atoms with Crippen LogP contribution in [0, 0.1) is 0 Å². The Morgan fingerprint density at radius 3 is 2.83 bits per heavy atom. The molecule has 23 heavy (non-hydrogen) atoms. The Morgan fingerprint density at radius 2 is 2.17 bits per heavy atom. The second-order valence-corrected chi connectivity index (χ2v) is 5.85. The van der Waals surface area contributed by atoms with E-state index in [1.165, 1.54) is 0 Å². The summed E-state index contributed by atoms with van der Waals surface area (Å²) >= 11 is 0. The van der Waals surface area contributed by atoms with Crippen LogP contribution in [0.15, 0.2) is 18.3 Å². The molecule has 0 spiro atoms. The lowest BCUT2D eigenvalue weighted by molar-refractivity contribution is -0.123. The van der Waals surface area contributed by atoms with Gasteiger partial charge in [0.25, 0.3) is 0 Å². The summed E-state index contributed by atoms with van der Waals surface area (Å²) in [6.07, 6.45) is 1.84. The van der Waals surface area contributed by atoms with Crippen LogP contribution in [-0.2, 0) is 16.1 Å². The molecule has 1 unspecified atom stereocenters. The number of amides is 1. The van der Waals surface area contributed by atoms with Crippen LogP contribution < -0.4 is 16.0 Å². The molecule has 0 bridgehead atoms. The first kappa shape index (κ1) is 17.7. The van der Waals surface area contributed by atoms with Crippen molar-refractivity contribution in [2.75, 3.05) is 51.8 Å². The average molecular weight is 321 g/mol. The molecule has 1 fully saturated rings. The minimum Gasteiger partial charge on any atom is -0.380 e. The largest absolute Gasteiger partial charge is 0.380 e. The first-order chi connectivity index (χ1) is 11.1. The molecule has 0 aliphatic carbocycles. The van der Waals surface area contributed by atoms with Crippen molar-refractivity contribution < 1.29 is 9.53 Å². The fraction of sp³-hybridized carbons (Fsp3) is 0.625. The molecule has 128 valence electrons. The first-order valence-electron chi connectivity index (χ1n) is 8.01. The number of methoxy groups -OCH3 is 1. The summed E-state index contributed by atoms with van der Waals surface area (Å²) in [7, 11) is 3.69. The predicted molar refractivity (Wildman–Crippen MR) is 90.3 cm³/mol. The van der Waals surface area contributed by atoms with Crippen LogP contribution in [0.3, 0.4) is 0 Å². The van der Waals surface area contributed by atoms with Crippen molar-refractivity contribution >= 4 is 11.7 Å². The van der Waals surface area contributed by atoms with Crippen LogP contribution in [0.4, 0.5) is 5.82 Å². The van der Waals surface area contributed by atoms with Gasteiger partial charge in [-0.05, 0) is 13.1 Å². The van der Waals surface area contributed by atoms with Crippen LogP contribution in [0.1, 0.15) is 12.0 Å². The number of ether oxygens (including phenoxy) is 1. The number of aromatic nitrogens is 1. The minimum atomic E-state index is -0.235. The molecule has 1 aromatic rings. The van der Waals surface area contributed by atoms with Crippen LogP contribution in [0.2, 0.25) is 0 Å². The van der Waals surface area contributed by atoms with Gasteiger partial charge in [-0.3, -0.25) is 4.79 Å². The van der Waals surface area contributed by atoms with Gasteiger partial charge in [-0.15, -0.1) is 0 Å². The van der Waals surface area contributed by atoms with E-state index in [9.17, 15) is 4.79 Å². The number of carbonyl (C=O) groups is 1. The van der Waals surface area contributed by atoms with E-state index in [4.69, 9.17) is 10.5 Å². The second kappa shape index (κ2) is 8.81. The van der Waals surface area contributed by atoms with Gasteiger partial charge in [0.2, 0.25) is 5.91 Å². The van der Waals surface area contributed by atoms with E-state index >= 15 is 0 Å². The van der Waals surface area contributed by atoms with Crippen LogP contribution in [-0.4, -0.2) is 68.8 Å². The van der Waals surface area contributed by atoms with Gasteiger partial charge in [0.1, 0.15) is 5.82 Å². The smallest absolute Gasteiger partial charge is 0.222 e. The number of likely N-dealkylation sites (N-methyl/N-ethyl adjacent to an activating group) is 1. The number of nitrogens with zero attached hydrogens (tertiary/aromatic N) is 3. The van der Waals surface area contributed by atoms with Gasteiger partial charge in [0.15, 0.2) is 0 Å². The van der Waals surface area contributed by atoms with Gasteiger partial charge in [-0.25, -0.2) is 4.98 Å². The molecule has 7 heteroatoms. The normalized spacial score (nSPS) is 17.1. The highest BCUT2D eigenvalue weighted by molar-refractivity contribution is 5.76. The molecule has 0 aromatic carbocycles. The Labute approximate surface area is 137 Å². The highest BCUT2D eigenvalue weighted by atomic mass is 16.5. The number of rotatable bonds is 7. The lowest BCUT2D eigenvalue weighted by Crippen LogP contribution is -2.45. The summed E-state index contributed by atoms with van der Waals surface area (Å²) in [4.78, 5) is 21.1. The Balaban J connectivity index is 1.94. The molecule has 2 rings (SSSR count). The number of pyridine rings is 1. The van der Waals surface area contributed by atoms with Gasteiger partial charge in [0.05, 0.1) is 12.5 Å². The maximum Gasteiger partial charge on any atom is 0.222 e. The van der Waals surface area contributed by atoms with Gasteiger partial charge < -0.3 is 25.6 Å². The standard InChI is InChI=1S/C16H27N5O2/c1-20-6-8-21(9-7-20)16-13(4-3-5-18-16)12-19-15(22)10-14(11-17)23-2/h3-5,14H,6-12,17H2,1-2H3,(H,19,22). The Hall–Kier alpha value is -1.70. The summed E-state index contributed by atoms with van der Waals surface area (Å²) in [5, 5.41) is 2.93. The van der Waals surface area contributed by atoms with Gasteiger partial charge in [-0.1, -0.05) is 6.07 Å². The number of hydrogen-bond acceptors (Lipinski definition) is 6. The highest BCUT2D eigenvalue weighted by Gasteiger charge is 2.18. The number of nitrogens with two attached hydrogens (primary N) is 1. The fourth-order valence-corrected chi connectivity index (χ4v) is 2.61. The van der Waals surface area contributed by atoms with E-state index in [2.05, 4.69) is 27.1 Å². The SMILES string of the molecule is COC(CN)CC(=O)NCc1cccnc1N1CCN(C)CC1. The second-order valence-electron chi connectivity index (χ2n) is 5.85. The third kappa shape index (κ3) is 5.16. The molecule has 0 radical (unpaired) electrons. The molecule has 7 nitrogen and oxygen atoms in total. The van der Waals surface area contributed by atoms with Crippen molar-refractivity contribution in [3.63, 3.8) is 0 Å². The Bertz CT molecular complexity index is 499. The first-order valence-corrected chi connectivity index (χ1v) is 8.01. The van der Waals surface area contributed by atoms with Crippen LogP contribution >= 0.6 is 0 Å². The maximum atomic E-state index is 12.0. The van der Waals surface area contributed by atoms with E-state index < -0.39 is 0 Å². The highest BCUT2D eigenvalue weighted by Crippen LogP contribution is 2.18. The van der Waals surface area contributed by atoms with E-state index in [0.29, 0.717) is 13.1 Å². The Kier molecular flexibility index (Phi) is 6.76. The summed E-state index contributed by atoms with van der Waals surface area (Å²) in [6, 6.07) is 3.91. The van der Waals surface area contributed by atoms with E-state index in [1.807, 2.05) is 12.1 Å². The summed E-state index contributed by atoms with van der Waals surface area (Å²) in [6.45, 7) is 4.75. The van der Waals surface area contributed by atoms with Crippen molar-refractivity contribution in [3.05, 3.63) is 23.9 Å². The number of anilines is 1. The molecule has 1 aromatic heterocycles. The molecular formula is C16H27N5O2. The molecule has 1 atom stereocenters.